The molecule has 120 valence electrons. The van der Waals surface area contributed by atoms with E-state index in [2.05, 4.69) is 18.3 Å². The Labute approximate surface area is 133 Å². The van der Waals surface area contributed by atoms with Crippen molar-refractivity contribution in [2.45, 2.75) is 65.0 Å². The average molecular weight is 301 g/mol. The summed E-state index contributed by atoms with van der Waals surface area (Å²) in [6.45, 7) is 6.10. The maximum atomic E-state index is 12.6. The molecule has 0 aliphatic heterocycles. The van der Waals surface area contributed by atoms with Gasteiger partial charge in [-0.1, -0.05) is 31.0 Å². The lowest BCUT2D eigenvalue weighted by atomic mass is 9.95. The number of carbonyl (C=O) groups is 1. The van der Waals surface area contributed by atoms with E-state index in [4.69, 9.17) is 4.74 Å². The van der Waals surface area contributed by atoms with Crippen LogP contribution in [-0.2, 0) is 4.79 Å². The molecule has 3 nitrogen and oxygen atoms in total. The van der Waals surface area contributed by atoms with Crippen molar-refractivity contribution in [1.29, 1.82) is 0 Å². The number of rotatable bonds is 5. The molecule has 2 aliphatic carbocycles. The normalized spacial score (nSPS) is 27.7. The Bertz CT molecular complexity index is 554. The summed E-state index contributed by atoms with van der Waals surface area (Å²) in [5.41, 5.74) is 2.30. The predicted molar refractivity (Wildman–Crippen MR) is 88.0 cm³/mol. The average Bonchev–Trinajstić information content (AvgIpc) is 3.09. The van der Waals surface area contributed by atoms with Crippen molar-refractivity contribution in [3.05, 3.63) is 29.3 Å². The Morgan fingerprint density at radius 2 is 2.14 bits per heavy atom. The molecule has 2 bridgehead atoms. The van der Waals surface area contributed by atoms with Gasteiger partial charge in [0.05, 0.1) is 0 Å². The summed E-state index contributed by atoms with van der Waals surface area (Å²) in [6.07, 6.45) is 5.41. The van der Waals surface area contributed by atoms with E-state index in [-0.39, 0.29) is 12.0 Å². The Morgan fingerprint density at radius 1 is 1.32 bits per heavy atom. The first kappa shape index (κ1) is 15.4. The van der Waals surface area contributed by atoms with Gasteiger partial charge in [0.2, 0.25) is 0 Å². The van der Waals surface area contributed by atoms with Crippen LogP contribution in [0.2, 0.25) is 0 Å². The summed E-state index contributed by atoms with van der Waals surface area (Å²) in [7, 11) is 0. The van der Waals surface area contributed by atoms with Gasteiger partial charge in [-0.25, -0.2) is 0 Å². The fraction of sp³-hybridized carbons (Fsp3) is 0.632. The Kier molecular flexibility index (Phi) is 4.42. The molecule has 1 aromatic rings. The van der Waals surface area contributed by atoms with Gasteiger partial charge in [0.15, 0.2) is 6.10 Å². The van der Waals surface area contributed by atoms with Crippen molar-refractivity contribution >= 4 is 5.91 Å². The summed E-state index contributed by atoms with van der Waals surface area (Å²) < 4.78 is 5.99. The standard InChI is InChI=1S/C19H27NO2/c1-4-17(22-18-8-5-12(2)9-13(18)3)19(21)20-16-11-14-6-7-15(16)10-14/h5,8-9,14-17H,4,6-7,10-11H2,1-3H3,(H,20,21). The molecule has 1 aromatic carbocycles. The van der Waals surface area contributed by atoms with E-state index >= 15 is 0 Å². The van der Waals surface area contributed by atoms with Crippen LogP contribution in [-0.4, -0.2) is 18.1 Å². The van der Waals surface area contributed by atoms with Crippen LogP contribution in [0, 0.1) is 25.7 Å². The zero-order valence-corrected chi connectivity index (χ0v) is 13.9. The third-order valence-corrected chi connectivity index (χ3v) is 5.33. The molecule has 2 saturated carbocycles. The minimum Gasteiger partial charge on any atom is -0.480 e. The topological polar surface area (TPSA) is 38.3 Å². The maximum Gasteiger partial charge on any atom is 0.261 e. The summed E-state index contributed by atoms with van der Waals surface area (Å²) in [4.78, 5) is 12.6. The smallest absolute Gasteiger partial charge is 0.261 e. The third-order valence-electron chi connectivity index (χ3n) is 5.33. The number of carbonyl (C=O) groups excluding carboxylic acids is 1. The van der Waals surface area contributed by atoms with E-state index in [9.17, 15) is 4.79 Å². The van der Waals surface area contributed by atoms with Crippen LogP contribution in [0.15, 0.2) is 18.2 Å². The van der Waals surface area contributed by atoms with Gasteiger partial charge in [-0.15, -0.1) is 0 Å². The number of amides is 1. The van der Waals surface area contributed by atoms with Crippen LogP contribution in [0.5, 0.6) is 5.75 Å². The molecule has 0 saturated heterocycles. The molecule has 0 radical (unpaired) electrons. The largest absolute Gasteiger partial charge is 0.480 e. The van der Waals surface area contributed by atoms with Gasteiger partial charge in [0.1, 0.15) is 5.75 Å². The highest BCUT2D eigenvalue weighted by atomic mass is 16.5. The van der Waals surface area contributed by atoms with Gasteiger partial charge >= 0.3 is 0 Å². The van der Waals surface area contributed by atoms with Crippen molar-refractivity contribution in [2.75, 3.05) is 0 Å². The molecule has 1 amide bonds. The lowest BCUT2D eigenvalue weighted by Crippen LogP contribution is -2.45. The Hall–Kier alpha value is -1.51. The summed E-state index contributed by atoms with van der Waals surface area (Å²) in [5, 5.41) is 3.25. The van der Waals surface area contributed by atoms with Gasteiger partial charge in [-0.3, -0.25) is 4.79 Å². The predicted octanol–water partition coefficient (Wildman–Crippen LogP) is 3.77. The van der Waals surface area contributed by atoms with Gasteiger partial charge in [-0.2, -0.15) is 0 Å². The highest BCUT2D eigenvalue weighted by Crippen LogP contribution is 2.44. The fourth-order valence-corrected chi connectivity index (χ4v) is 4.10. The molecule has 0 spiro atoms. The van der Waals surface area contributed by atoms with E-state index in [1.165, 1.54) is 24.8 Å². The molecule has 1 N–H and O–H groups in total. The third kappa shape index (κ3) is 3.13. The molecule has 4 unspecified atom stereocenters. The van der Waals surface area contributed by atoms with E-state index in [0.29, 0.717) is 18.4 Å². The molecule has 2 fully saturated rings. The van der Waals surface area contributed by atoms with Crippen LogP contribution < -0.4 is 10.1 Å². The van der Waals surface area contributed by atoms with Gasteiger partial charge in [0.25, 0.3) is 5.91 Å². The van der Waals surface area contributed by atoms with Gasteiger partial charge in [-0.05, 0) is 63.0 Å². The van der Waals surface area contributed by atoms with Gasteiger partial charge < -0.3 is 10.1 Å². The fourth-order valence-electron chi connectivity index (χ4n) is 4.10. The molecule has 0 aromatic heterocycles. The molecule has 22 heavy (non-hydrogen) atoms. The molecule has 3 rings (SSSR count). The molecule has 4 atom stereocenters. The van der Waals surface area contributed by atoms with Crippen LogP contribution in [0.4, 0.5) is 0 Å². The number of aryl methyl sites for hydroxylation is 2. The first-order chi connectivity index (χ1) is 10.6. The Morgan fingerprint density at radius 3 is 2.73 bits per heavy atom. The van der Waals surface area contributed by atoms with Crippen LogP contribution in [0.1, 0.15) is 50.2 Å². The number of fused-ring (bicyclic) bond motifs is 2. The second-order valence-corrected chi connectivity index (χ2v) is 7.07. The number of nitrogens with one attached hydrogen (secondary N) is 1. The van der Waals surface area contributed by atoms with Crippen molar-refractivity contribution in [2.24, 2.45) is 11.8 Å². The second kappa shape index (κ2) is 6.31. The number of benzene rings is 1. The molecule has 0 heterocycles. The highest BCUT2D eigenvalue weighted by molar-refractivity contribution is 5.81. The van der Waals surface area contributed by atoms with E-state index in [1.54, 1.807) is 0 Å². The Balaban J connectivity index is 1.62. The van der Waals surface area contributed by atoms with E-state index in [0.717, 1.165) is 23.7 Å². The van der Waals surface area contributed by atoms with Crippen LogP contribution >= 0.6 is 0 Å². The summed E-state index contributed by atoms with van der Waals surface area (Å²) in [6, 6.07) is 6.47. The molecule has 2 aliphatic rings. The second-order valence-electron chi connectivity index (χ2n) is 7.07. The summed E-state index contributed by atoms with van der Waals surface area (Å²) in [5.74, 6) is 2.42. The lowest BCUT2D eigenvalue weighted by molar-refractivity contribution is -0.129. The minimum absolute atomic E-state index is 0.0556. The first-order valence-corrected chi connectivity index (χ1v) is 8.61. The molecule has 3 heteroatoms. The monoisotopic (exact) mass is 301 g/mol. The zero-order valence-electron chi connectivity index (χ0n) is 13.9. The number of ether oxygens (including phenoxy) is 1. The molecular weight excluding hydrogens is 274 g/mol. The first-order valence-electron chi connectivity index (χ1n) is 8.61. The lowest BCUT2D eigenvalue weighted by Gasteiger charge is -2.26. The zero-order chi connectivity index (χ0) is 15.7. The van der Waals surface area contributed by atoms with Crippen LogP contribution in [0.3, 0.4) is 0 Å². The van der Waals surface area contributed by atoms with E-state index < -0.39 is 0 Å². The van der Waals surface area contributed by atoms with Crippen molar-refractivity contribution in [1.82, 2.24) is 5.32 Å². The number of hydrogen-bond donors (Lipinski definition) is 1. The van der Waals surface area contributed by atoms with Crippen LogP contribution in [0.25, 0.3) is 0 Å². The SMILES string of the molecule is CCC(Oc1ccc(C)cc1C)C(=O)NC1CC2CCC1C2. The van der Waals surface area contributed by atoms with Crippen molar-refractivity contribution < 1.29 is 9.53 Å². The quantitative estimate of drug-likeness (QED) is 0.899. The van der Waals surface area contributed by atoms with Crippen molar-refractivity contribution in [3.8, 4) is 5.75 Å². The maximum absolute atomic E-state index is 12.6. The van der Waals surface area contributed by atoms with Crippen molar-refractivity contribution in [3.63, 3.8) is 0 Å². The highest BCUT2D eigenvalue weighted by Gasteiger charge is 2.40. The number of hydrogen-bond acceptors (Lipinski definition) is 2. The summed E-state index contributed by atoms with van der Waals surface area (Å²) >= 11 is 0. The van der Waals surface area contributed by atoms with E-state index in [1.807, 2.05) is 26.0 Å². The molecular formula is C19H27NO2. The minimum atomic E-state index is -0.388. The van der Waals surface area contributed by atoms with Gasteiger partial charge in [0, 0.05) is 6.04 Å².